The number of imide groups is 1. The van der Waals surface area contributed by atoms with Crippen molar-refractivity contribution < 1.29 is 23.9 Å². The molecule has 9 nitrogen and oxygen atoms in total. The zero-order chi connectivity index (χ0) is 20.2. The van der Waals surface area contributed by atoms with Gasteiger partial charge in [0.1, 0.15) is 6.04 Å². The van der Waals surface area contributed by atoms with Crippen LogP contribution in [0.1, 0.15) is 24.0 Å². The minimum absolute atomic E-state index is 0.131. The van der Waals surface area contributed by atoms with Crippen molar-refractivity contribution in [3.63, 3.8) is 0 Å². The molecule has 4 amide bonds. The SMILES string of the molecule is O=C(CCC1NC(=O)N(Cc2ccc3c(c2)OCO3)C1=O)NCc1ccncc1. The molecular weight excluding hydrogens is 376 g/mol. The van der Waals surface area contributed by atoms with Crippen molar-refractivity contribution >= 4 is 17.8 Å². The number of carbonyl (C=O) groups is 3. The molecule has 0 saturated carbocycles. The fraction of sp³-hybridized carbons (Fsp3) is 0.300. The molecule has 0 bridgehead atoms. The van der Waals surface area contributed by atoms with Gasteiger partial charge in [0.05, 0.1) is 6.54 Å². The molecule has 2 aliphatic rings. The van der Waals surface area contributed by atoms with Crippen LogP contribution in [0, 0.1) is 0 Å². The summed E-state index contributed by atoms with van der Waals surface area (Å²) in [5.41, 5.74) is 1.70. The van der Waals surface area contributed by atoms with Crippen molar-refractivity contribution in [2.24, 2.45) is 0 Å². The van der Waals surface area contributed by atoms with Crippen molar-refractivity contribution in [2.45, 2.75) is 32.0 Å². The Balaban J connectivity index is 1.28. The van der Waals surface area contributed by atoms with Crippen LogP contribution in [0.5, 0.6) is 11.5 Å². The van der Waals surface area contributed by atoms with Crippen molar-refractivity contribution in [1.29, 1.82) is 0 Å². The van der Waals surface area contributed by atoms with Crippen LogP contribution < -0.4 is 20.1 Å². The maximum absolute atomic E-state index is 12.6. The second kappa shape index (κ2) is 8.17. The third-order valence-corrected chi connectivity index (χ3v) is 4.78. The Kier molecular flexibility index (Phi) is 5.28. The van der Waals surface area contributed by atoms with Gasteiger partial charge in [0.2, 0.25) is 12.7 Å². The summed E-state index contributed by atoms with van der Waals surface area (Å²) >= 11 is 0. The molecule has 1 fully saturated rings. The first-order chi connectivity index (χ1) is 14.1. The predicted octanol–water partition coefficient (Wildman–Crippen LogP) is 1.33. The maximum atomic E-state index is 12.6. The summed E-state index contributed by atoms with van der Waals surface area (Å²) in [6.07, 6.45) is 3.69. The number of fused-ring (bicyclic) bond motifs is 1. The number of ether oxygens (including phenoxy) is 2. The standard InChI is InChI=1S/C20H20N4O5/c25-18(22-10-13-5-7-21-8-6-13)4-2-15-19(26)24(20(27)23-15)11-14-1-3-16-17(9-14)29-12-28-16/h1,3,5-9,15H,2,4,10-12H2,(H,22,25)(H,23,27). The molecule has 1 aromatic carbocycles. The molecule has 2 aliphatic heterocycles. The number of urea groups is 1. The Morgan fingerprint density at radius 2 is 1.93 bits per heavy atom. The van der Waals surface area contributed by atoms with E-state index in [9.17, 15) is 14.4 Å². The first-order valence-electron chi connectivity index (χ1n) is 9.26. The van der Waals surface area contributed by atoms with Gasteiger partial charge in [-0.05, 0) is 41.8 Å². The van der Waals surface area contributed by atoms with Crippen LogP contribution in [0.3, 0.4) is 0 Å². The van der Waals surface area contributed by atoms with Crippen molar-refractivity contribution in [3.8, 4) is 11.5 Å². The zero-order valence-electron chi connectivity index (χ0n) is 15.6. The van der Waals surface area contributed by atoms with Gasteiger partial charge in [-0.1, -0.05) is 6.07 Å². The van der Waals surface area contributed by atoms with E-state index in [1.54, 1.807) is 30.6 Å². The second-order valence-electron chi connectivity index (χ2n) is 6.78. The molecule has 1 aromatic heterocycles. The molecule has 3 heterocycles. The van der Waals surface area contributed by atoms with Gasteiger partial charge in [-0.2, -0.15) is 0 Å². The summed E-state index contributed by atoms with van der Waals surface area (Å²) < 4.78 is 10.6. The Labute approximate surface area is 167 Å². The number of nitrogens with one attached hydrogen (secondary N) is 2. The fourth-order valence-electron chi connectivity index (χ4n) is 3.21. The number of hydrogen-bond donors (Lipinski definition) is 2. The van der Waals surface area contributed by atoms with E-state index in [0.29, 0.717) is 18.0 Å². The molecule has 29 heavy (non-hydrogen) atoms. The predicted molar refractivity (Wildman–Crippen MR) is 101 cm³/mol. The lowest BCUT2D eigenvalue weighted by molar-refractivity contribution is -0.128. The van der Waals surface area contributed by atoms with E-state index in [4.69, 9.17) is 9.47 Å². The average molecular weight is 396 g/mol. The van der Waals surface area contributed by atoms with E-state index in [1.165, 1.54) is 0 Å². The molecule has 150 valence electrons. The average Bonchev–Trinajstić information content (AvgIpc) is 3.31. The van der Waals surface area contributed by atoms with Crippen LogP contribution in [-0.2, 0) is 22.7 Å². The van der Waals surface area contributed by atoms with Crippen LogP contribution in [0.15, 0.2) is 42.7 Å². The van der Waals surface area contributed by atoms with Crippen molar-refractivity contribution in [2.75, 3.05) is 6.79 Å². The first-order valence-corrected chi connectivity index (χ1v) is 9.26. The highest BCUT2D eigenvalue weighted by Crippen LogP contribution is 2.33. The summed E-state index contributed by atoms with van der Waals surface area (Å²) in [7, 11) is 0. The van der Waals surface area contributed by atoms with Crippen LogP contribution in [0.2, 0.25) is 0 Å². The van der Waals surface area contributed by atoms with E-state index in [2.05, 4.69) is 15.6 Å². The molecule has 2 N–H and O–H groups in total. The number of rotatable bonds is 7. The van der Waals surface area contributed by atoms with Gasteiger partial charge >= 0.3 is 6.03 Å². The highest BCUT2D eigenvalue weighted by Gasteiger charge is 2.38. The first kappa shape index (κ1) is 18.7. The second-order valence-corrected chi connectivity index (χ2v) is 6.78. The number of benzene rings is 1. The summed E-state index contributed by atoms with van der Waals surface area (Å²) in [6.45, 7) is 0.682. The largest absolute Gasteiger partial charge is 0.454 e. The number of hydrogen-bond acceptors (Lipinski definition) is 6. The third-order valence-electron chi connectivity index (χ3n) is 4.78. The van der Waals surface area contributed by atoms with E-state index in [1.807, 2.05) is 12.1 Å². The smallest absolute Gasteiger partial charge is 0.325 e. The van der Waals surface area contributed by atoms with Gasteiger partial charge in [-0.25, -0.2) is 4.79 Å². The number of aromatic nitrogens is 1. The van der Waals surface area contributed by atoms with E-state index in [0.717, 1.165) is 16.0 Å². The Bertz CT molecular complexity index is 934. The quantitative estimate of drug-likeness (QED) is 0.684. The molecule has 1 unspecified atom stereocenters. The summed E-state index contributed by atoms with van der Waals surface area (Å²) in [5.74, 6) is 0.714. The third kappa shape index (κ3) is 4.29. The van der Waals surface area contributed by atoms with Crippen LogP contribution in [0.25, 0.3) is 0 Å². The van der Waals surface area contributed by atoms with Crippen LogP contribution >= 0.6 is 0 Å². The number of carbonyl (C=O) groups excluding carboxylic acids is 3. The number of amides is 4. The molecule has 1 saturated heterocycles. The van der Waals surface area contributed by atoms with Crippen LogP contribution in [0.4, 0.5) is 4.79 Å². The van der Waals surface area contributed by atoms with Gasteiger partial charge in [-0.3, -0.25) is 19.5 Å². The Morgan fingerprint density at radius 1 is 1.14 bits per heavy atom. The molecular formula is C20H20N4O5. The maximum Gasteiger partial charge on any atom is 0.325 e. The molecule has 0 aliphatic carbocycles. The topological polar surface area (TPSA) is 110 Å². The van der Waals surface area contributed by atoms with Gasteiger partial charge in [0.15, 0.2) is 11.5 Å². The Hall–Kier alpha value is -3.62. The number of nitrogens with zero attached hydrogens (tertiary/aromatic N) is 2. The Morgan fingerprint density at radius 3 is 2.76 bits per heavy atom. The van der Waals surface area contributed by atoms with E-state index in [-0.39, 0.29) is 38.0 Å². The summed E-state index contributed by atoms with van der Waals surface area (Å²) in [6, 6.07) is 7.75. The monoisotopic (exact) mass is 396 g/mol. The molecule has 0 radical (unpaired) electrons. The highest BCUT2D eigenvalue weighted by molar-refractivity contribution is 6.04. The van der Waals surface area contributed by atoms with Gasteiger partial charge in [-0.15, -0.1) is 0 Å². The highest BCUT2D eigenvalue weighted by atomic mass is 16.7. The van der Waals surface area contributed by atoms with E-state index >= 15 is 0 Å². The van der Waals surface area contributed by atoms with Gasteiger partial charge in [0.25, 0.3) is 5.91 Å². The minimum atomic E-state index is -0.705. The van der Waals surface area contributed by atoms with Crippen molar-refractivity contribution in [1.82, 2.24) is 20.5 Å². The molecule has 0 spiro atoms. The molecule has 9 heteroatoms. The fourth-order valence-corrected chi connectivity index (χ4v) is 3.21. The molecule has 1 atom stereocenters. The van der Waals surface area contributed by atoms with Gasteiger partial charge in [0, 0.05) is 25.4 Å². The summed E-state index contributed by atoms with van der Waals surface area (Å²) in [5, 5.41) is 5.44. The van der Waals surface area contributed by atoms with Gasteiger partial charge < -0.3 is 20.1 Å². The van der Waals surface area contributed by atoms with Crippen molar-refractivity contribution in [3.05, 3.63) is 53.9 Å². The summed E-state index contributed by atoms with van der Waals surface area (Å²) in [4.78, 5) is 41.9. The molecule has 4 rings (SSSR count). The lowest BCUT2D eigenvalue weighted by atomic mass is 10.1. The number of pyridine rings is 1. The minimum Gasteiger partial charge on any atom is -0.454 e. The zero-order valence-corrected chi connectivity index (χ0v) is 15.6. The van der Waals surface area contributed by atoms with Crippen LogP contribution in [-0.4, -0.2) is 40.6 Å². The van der Waals surface area contributed by atoms with E-state index < -0.39 is 12.1 Å². The normalized spacial score (nSPS) is 17.4. The lowest BCUT2D eigenvalue weighted by Gasteiger charge is -2.13. The lowest BCUT2D eigenvalue weighted by Crippen LogP contribution is -2.32. The molecule has 2 aromatic rings.